The van der Waals surface area contributed by atoms with Gasteiger partial charge in [0.1, 0.15) is 0 Å². The summed E-state index contributed by atoms with van der Waals surface area (Å²) in [5.41, 5.74) is 6.71. The summed E-state index contributed by atoms with van der Waals surface area (Å²) in [7, 11) is 0. The number of aliphatic hydroxyl groups excluding tert-OH is 1. The van der Waals surface area contributed by atoms with E-state index in [2.05, 4.69) is 22.6 Å². The van der Waals surface area contributed by atoms with E-state index < -0.39 is 6.10 Å². The van der Waals surface area contributed by atoms with Crippen LogP contribution >= 0.6 is 22.6 Å². The Hall–Kier alpha value is -0.130. The van der Waals surface area contributed by atoms with Crippen molar-refractivity contribution in [3.8, 4) is 0 Å². The van der Waals surface area contributed by atoms with Gasteiger partial charge in [-0.05, 0) is 47.2 Å². The zero-order valence-corrected chi connectivity index (χ0v) is 9.02. The molecular formula is C9H12INO. The molecule has 2 nitrogen and oxygen atoms in total. The fourth-order valence-electron chi connectivity index (χ4n) is 0.964. The van der Waals surface area contributed by atoms with Gasteiger partial charge in [-0.25, -0.2) is 0 Å². The SMILES string of the molecule is C[C@H](O)[C@H](N)c1ccc(I)cc1. The fraction of sp³-hybridized carbons (Fsp3) is 0.333. The first-order valence-electron chi connectivity index (χ1n) is 3.80. The van der Waals surface area contributed by atoms with Crippen LogP contribution in [0.4, 0.5) is 0 Å². The normalized spacial score (nSPS) is 15.7. The molecule has 0 unspecified atom stereocenters. The minimum Gasteiger partial charge on any atom is -0.391 e. The zero-order valence-electron chi connectivity index (χ0n) is 6.87. The summed E-state index contributed by atoms with van der Waals surface area (Å²) in [5, 5.41) is 9.22. The van der Waals surface area contributed by atoms with E-state index in [4.69, 9.17) is 5.73 Å². The van der Waals surface area contributed by atoms with Gasteiger partial charge in [0, 0.05) is 3.57 Å². The molecule has 0 aliphatic heterocycles. The third kappa shape index (κ3) is 2.43. The van der Waals surface area contributed by atoms with Crippen LogP contribution in [0.2, 0.25) is 0 Å². The van der Waals surface area contributed by atoms with Gasteiger partial charge in [-0.3, -0.25) is 0 Å². The van der Waals surface area contributed by atoms with Crippen molar-refractivity contribution >= 4 is 22.6 Å². The molecule has 0 spiro atoms. The smallest absolute Gasteiger partial charge is 0.0704 e. The molecule has 0 saturated heterocycles. The van der Waals surface area contributed by atoms with E-state index in [9.17, 15) is 5.11 Å². The Bertz CT molecular complexity index is 245. The molecule has 0 amide bonds. The summed E-state index contributed by atoms with van der Waals surface area (Å²) >= 11 is 2.23. The van der Waals surface area contributed by atoms with Gasteiger partial charge >= 0.3 is 0 Å². The average Bonchev–Trinajstić information content (AvgIpc) is 2.04. The lowest BCUT2D eigenvalue weighted by molar-refractivity contribution is 0.164. The Morgan fingerprint density at radius 1 is 1.33 bits per heavy atom. The van der Waals surface area contributed by atoms with Crippen molar-refractivity contribution in [2.24, 2.45) is 5.73 Å². The van der Waals surface area contributed by atoms with Crippen molar-refractivity contribution in [2.75, 3.05) is 0 Å². The summed E-state index contributed by atoms with van der Waals surface area (Å²) in [5.74, 6) is 0. The largest absolute Gasteiger partial charge is 0.391 e. The maximum absolute atomic E-state index is 9.22. The van der Waals surface area contributed by atoms with E-state index in [-0.39, 0.29) is 6.04 Å². The standard InChI is InChI=1S/C9H12INO/c1-6(12)9(11)7-2-4-8(10)5-3-7/h2-6,9,12H,11H2,1H3/t6-,9-/m0/s1. The molecule has 1 aromatic rings. The minimum atomic E-state index is -0.495. The number of benzene rings is 1. The van der Waals surface area contributed by atoms with Crippen LogP contribution in [0.1, 0.15) is 18.5 Å². The lowest BCUT2D eigenvalue weighted by atomic mass is 10.0. The van der Waals surface area contributed by atoms with Crippen molar-refractivity contribution in [2.45, 2.75) is 19.1 Å². The first-order chi connectivity index (χ1) is 5.61. The molecule has 0 heterocycles. The Morgan fingerprint density at radius 2 is 1.83 bits per heavy atom. The molecule has 0 saturated carbocycles. The Labute approximate surface area is 85.9 Å². The molecular weight excluding hydrogens is 265 g/mol. The van der Waals surface area contributed by atoms with Crippen molar-refractivity contribution in [1.29, 1.82) is 0 Å². The van der Waals surface area contributed by atoms with Crippen LogP contribution in [-0.2, 0) is 0 Å². The third-order valence-corrected chi connectivity index (χ3v) is 2.49. The Kier molecular flexibility index (Phi) is 3.49. The number of hydrogen-bond acceptors (Lipinski definition) is 2. The predicted molar refractivity (Wildman–Crippen MR) is 57.8 cm³/mol. The van der Waals surface area contributed by atoms with Gasteiger partial charge in [-0.1, -0.05) is 12.1 Å². The van der Waals surface area contributed by atoms with Crippen molar-refractivity contribution < 1.29 is 5.11 Å². The summed E-state index contributed by atoms with van der Waals surface area (Å²) in [6, 6.07) is 7.58. The fourth-order valence-corrected chi connectivity index (χ4v) is 1.32. The van der Waals surface area contributed by atoms with Gasteiger partial charge in [0.2, 0.25) is 0 Å². The summed E-state index contributed by atoms with van der Waals surface area (Å²) < 4.78 is 1.18. The maximum Gasteiger partial charge on any atom is 0.0704 e. The Morgan fingerprint density at radius 3 is 2.25 bits per heavy atom. The van der Waals surface area contributed by atoms with Gasteiger partial charge < -0.3 is 10.8 Å². The monoisotopic (exact) mass is 277 g/mol. The van der Waals surface area contributed by atoms with Crippen LogP contribution in [-0.4, -0.2) is 11.2 Å². The quantitative estimate of drug-likeness (QED) is 0.808. The second-order valence-electron chi connectivity index (χ2n) is 2.82. The zero-order chi connectivity index (χ0) is 9.14. The highest BCUT2D eigenvalue weighted by Gasteiger charge is 2.10. The topological polar surface area (TPSA) is 46.2 Å². The van der Waals surface area contributed by atoms with Gasteiger partial charge in [0.25, 0.3) is 0 Å². The van der Waals surface area contributed by atoms with Gasteiger partial charge in [-0.15, -0.1) is 0 Å². The van der Waals surface area contributed by atoms with E-state index in [1.54, 1.807) is 6.92 Å². The van der Waals surface area contributed by atoms with Crippen LogP contribution in [0.15, 0.2) is 24.3 Å². The molecule has 66 valence electrons. The molecule has 3 heteroatoms. The number of aliphatic hydroxyl groups is 1. The molecule has 0 aromatic heterocycles. The summed E-state index contributed by atoms with van der Waals surface area (Å²) in [6.07, 6.45) is -0.495. The highest BCUT2D eigenvalue weighted by molar-refractivity contribution is 14.1. The summed E-state index contributed by atoms with van der Waals surface area (Å²) in [4.78, 5) is 0. The van der Waals surface area contributed by atoms with Crippen molar-refractivity contribution in [3.05, 3.63) is 33.4 Å². The molecule has 1 aromatic carbocycles. The molecule has 1 rings (SSSR count). The first-order valence-corrected chi connectivity index (χ1v) is 4.88. The van der Waals surface area contributed by atoms with E-state index >= 15 is 0 Å². The van der Waals surface area contributed by atoms with E-state index in [0.717, 1.165) is 5.56 Å². The summed E-state index contributed by atoms with van der Waals surface area (Å²) in [6.45, 7) is 1.70. The number of halogens is 1. The van der Waals surface area contributed by atoms with Crippen molar-refractivity contribution in [1.82, 2.24) is 0 Å². The second-order valence-corrected chi connectivity index (χ2v) is 4.06. The maximum atomic E-state index is 9.22. The van der Waals surface area contributed by atoms with Gasteiger partial charge in [-0.2, -0.15) is 0 Å². The number of nitrogens with two attached hydrogens (primary N) is 1. The molecule has 0 fully saturated rings. The average molecular weight is 277 g/mol. The molecule has 12 heavy (non-hydrogen) atoms. The molecule has 3 N–H and O–H groups in total. The molecule has 2 atom stereocenters. The number of rotatable bonds is 2. The molecule has 0 radical (unpaired) electrons. The van der Waals surface area contributed by atoms with Crippen molar-refractivity contribution in [3.63, 3.8) is 0 Å². The van der Waals surface area contributed by atoms with Crippen LogP contribution in [0, 0.1) is 3.57 Å². The third-order valence-electron chi connectivity index (χ3n) is 1.77. The minimum absolute atomic E-state index is 0.276. The van der Waals surface area contributed by atoms with Crippen LogP contribution in [0.5, 0.6) is 0 Å². The molecule has 0 bridgehead atoms. The van der Waals surface area contributed by atoms with E-state index in [0.29, 0.717) is 0 Å². The highest BCUT2D eigenvalue weighted by Crippen LogP contribution is 2.15. The van der Waals surface area contributed by atoms with Crippen LogP contribution in [0.3, 0.4) is 0 Å². The number of hydrogen-bond donors (Lipinski definition) is 2. The first kappa shape index (κ1) is 9.95. The second kappa shape index (κ2) is 4.20. The lowest BCUT2D eigenvalue weighted by Crippen LogP contribution is -2.22. The van der Waals surface area contributed by atoms with Crippen LogP contribution < -0.4 is 5.73 Å². The van der Waals surface area contributed by atoms with Crippen LogP contribution in [0.25, 0.3) is 0 Å². The predicted octanol–water partition coefficient (Wildman–Crippen LogP) is 1.67. The molecule has 0 aliphatic carbocycles. The van der Waals surface area contributed by atoms with E-state index in [1.807, 2.05) is 24.3 Å². The van der Waals surface area contributed by atoms with Gasteiger partial charge in [0.15, 0.2) is 0 Å². The lowest BCUT2D eigenvalue weighted by Gasteiger charge is -2.14. The van der Waals surface area contributed by atoms with E-state index in [1.165, 1.54) is 3.57 Å². The highest BCUT2D eigenvalue weighted by atomic mass is 127. The Balaban J connectivity index is 2.82. The molecule has 0 aliphatic rings. The van der Waals surface area contributed by atoms with Gasteiger partial charge in [0.05, 0.1) is 12.1 Å².